The lowest BCUT2D eigenvalue weighted by Crippen LogP contribution is -2.12. The molecule has 0 bridgehead atoms. The van der Waals surface area contributed by atoms with E-state index >= 15 is 0 Å². The maximum Gasteiger partial charge on any atom is 0.200 e. The van der Waals surface area contributed by atoms with Crippen molar-refractivity contribution in [3.05, 3.63) is 65.0 Å². The summed E-state index contributed by atoms with van der Waals surface area (Å²) in [7, 11) is 0. The molecule has 0 unspecified atom stereocenters. The van der Waals surface area contributed by atoms with Crippen LogP contribution in [-0.2, 0) is 0 Å². The van der Waals surface area contributed by atoms with Crippen LogP contribution >= 0.6 is 0 Å². The number of hydrogen-bond donors (Lipinski definition) is 0. The molecule has 0 aliphatic heterocycles. The molecular weight excluding hydrogens is 243 g/mol. The molecule has 2 nitrogen and oxygen atoms in total. The Morgan fingerprint density at radius 2 is 1.79 bits per heavy atom. The molecule has 0 fully saturated rings. The topological polar surface area (TPSA) is 26.3 Å². The third kappa shape index (κ3) is 3.41. The minimum atomic E-state index is -0.355. The number of aryl methyl sites for hydroxylation is 2. The van der Waals surface area contributed by atoms with Crippen molar-refractivity contribution < 1.29 is 13.9 Å². The van der Waals surface area contributed by atoms with Crippen molar-refractivity contribution in [2.75, 3.05) is 6.61 Å². The van der Waals surface area contributed by atoms with E-state index < -0.39 is 0 Å². The highest BCUT2D eigenvalue weighted by molar-refractivity contribution is 5.97. The van der Waals surface area contributed by atoms with Crippen molar-refractivity contribution in [2.45, 2.75) is 13.8 Å². The molecule has 0 aliphatic rings. The molecule has 0 aromatic heterocycles. The summed E-state index contributed by atoms with van der Waals surface area (Å²) < 4.78 is 18.3. The van der Waals surface area contributed by atoms with Gasteiger partial charge in [-0.15, -0.1) is 0 Å². The molecule has 98 valence electrons. The SMILES string of the molecule is Cc1ccc(C)c(OCC(=O)c2ccc(F)cc2)c1. The second-order valence-electron chi connectivity index (χ2n) is 4.49. The van der Waals surface area contributed by atoms with Gasteiger partial charge >= 0.3 is 0 Å². The fourth-order valence-corrected chi connectivity index (χ4v) is 1.73. The van der Waals surface area contributed by atoms with Gasteiger partial charge in [0.1, 0.15) is 11.6 Å². The molecule has 19 heavy (non-hydrogen) atoms. The first-order valence-corrected chi connectivity index (χ1v) is 6.05. The normalized spacial score (nSPS) is 10.3. The summed E-state index contributed by atoms with van der Waals surface area (Å²) in [6.45, 7) is 3.85. The zero-order valence-electron chi connectivity index (χ0n) is 10.9. The first kappa shape index (κ1) is 13.3. The average molecular weight is 258 g/mol. The van der Waals surface area contributed by atoms with Gasteiger partial charge in [-0.1, -0.05) is 12.1 Å². The fraction of sp³-hybridized carbons (Fsp3) is 0.188. The zero-order chi connectivity index (χ0) is 13.8. The highest BCUT2D eigenvalue weighted by Crippen LogP contribution is 2.19. The van der Waals surface area contributed by atoms with Crippen LogP contribution in [0, 0.1) is 19.7 Å². The van der Waals surface area contributed by atoms with Crippen LogP contribution in [0.2, 0.25) is 0 Å². The summed E-state index contributed by atoms with van der Waals surface area (Å²) in [5.41, 5.74) is 2.51. The van der Waals surface area contributed by atoms with Gasteiger partial charge in [-0.2, -0.15) is 0 Å². The van der Waals surface area contributed by atoms with Crippen molar-refractivity contribution >= 4 is 5.78 Å². The summed E-state index contributed by atoms with van der Waals surface area (Å²) in [4.78, 5) is 11.9. The zero-order valence-corrected chi connectivity index (χ0v) is 10.9. The lowest BCUT2D eigenvalue weighted by molar-refractivity contribution is 0.0921. The number of benzene rings is 2. The molecule has 0 atom stereocenters. The number of carbonyl (C=O) groups is 1. The smallest absolute Gasteiger partial charge is 0.200 e. The van der Waals surface area contributed by atoms with Crippen molar-refractivity contribution in [1.82, 2.24) is 0 Å². The second kappa shape index (κ2) is 5.65. The van der Waals surface area contributed by atoms with E-state index in [0.29, 0.717) is 11.3 Å². The van der Waals surface area contributed by atoms with E-state index in [1.165, 1.54) is 24.3 Å². The Morgan fingerprint density at radius 1 is 1.11 bits per heavy atom. The van der Waals surface area contributed by atoms with Gasteiger partial charge in [0, 0.05) is 5.56 Å². The van der Waals surface area contributed by atoms with E-state index in [0.717, 1.165) is 11.1 Å². The molecule has 0 saturated carbocycles. The maximum absolute atomic E-state index is 12.8. The largest absolute Gasteiger partial charge is 0.485 e. The fourth-order valence-electron chi connectivity index (χ4n) is 1.73. The first-order valence-electron chi connectivity index (χ1n) is 6.05. The number of Topliss-reactive ketones (excluding diaryl/α,β-unsaturated/α-hetero) is 1. The van der Waals surface area contributed by atoms with Crippen LogP contribution in [-0.4, -0.2) is 12.4 Å². The van der Waals surface area contributed by atoms with Crippen molar-refractivity contribution in [3.8, 4) is 5.75 Å². The lowest BCUT2D eigenvalue weighted by Gasteiger charge is -2.09. The average Bonchev–Trinajstić information content (AvgIpc) is 2.40. The summed E-state index contributed by atoms with van der Waals surface area (Å²) in [6, 6.07) is 11.3. The van der Waals surface area contributed by atoms with Crippen LogP contribution in [0.15, 0.2) is 42.5 Å². The third-order valence-electron chi connectivity index (χ3n) is 2.87. The Hall–Kier alpha value is -2.16. The number of rotatable bonds is 4. The summed E-state index contributed by atoms with van der Waals surface area (Å²) in [6.07, 6.45) is 0. The molecule has 0 aliphatic carbocycles. The van der Waals surface area contributed by atoms with Crippen LogP contribution in [0.25, 0.3) is 0 Å². The summed E-state index contributed by atoms with van der Waals surface area (Å²) >= 11 is 0. The number of hydrogen-bond acceptors (Lipinski definition) is 2. The quantitative estimate of drug-likeness (QED) is 0.781. The van der Waals surface area contributed by atoms with E-state index in [2.05, 4.69) is 0 Å². The molecule has 0 radical (unpaired) electrons. The molecule has 0 N–H and O–H groups in total. The predicted octanol–water partition coefficient (Wildman–Crippen LogP) is 3.70. The Labute approximate surface area is 111 Å². The molecule has 0 heterocycles. The lowest BCUT2D eigenvalue weighted by atomic mass is 10.1. The van der Waals surface area contributed by atoms with Crippen molar-refractivity contribution in [2.24, 2.45) is 0 Å². The van der Waals surface area contributed by atoms with Gasteiger partial charge in [0.05, 0.1) is 0 Å². The van der Waals surface area contributed by atoms with Gasteiger partial charge in [0.2, 0.25) is 0 Å². The second-order valence-corrected chi connectivity index (χ2v) is 4.49. The van der Waals surface area contributed by atoms with E-state index in [1.807, 2.05) is 32.0 Å². The van der Waals surface area contributed by atoms with Gasteiger partial charge in [-0.3, -0.25) is 4.79 Å². The first-order chi connectivity index (χ1) is 9.06. The van der Waals surface area contributed by atoms with Crippen LogP contribution in [0.5, 0.6) is 5.75 Å². The van der Waals surface area contributed by atoms with E-state index in [-0.39, 0.29) is 18.2 Å². The van der Waals surface area contributed by atoms with Gasteiger partial charge in [0.25, 0.3) is 0 Å². The van der Waals surface area contributed by atoms with Gasteiger partial charge in [0.15, 0.2) is 12.4 Å². The Balaban J connectivity index is 2.04. The highest BCUT2D eigenvalue weighted by atomic mass is 19.1. The number of halogens is 1. The number of ketones is 1. The Kier molecular flexibility index (Phi) is 3.95. The summed E-state index contributed by atoms with van der Waals surface area (Å²) in [5.74, 6) is 0.184. The van der Waals surface area contributed by atoms with Crippen LogP contribution in [0.3, 0.4) is 0 Å². The molecule has 2 aromatic rings. The Bertz CT molecular complexity index is 588. The number of carbonyl (C=O) groups excluding carboxylic acids is 1. The highest BCUT2D eigenvalue weighted by Gasteiger charge is 2.08. The standard InChI is InChI=1S/C16H15FO2/c1-11-3-4-12(2)16(9-11)19-10-15(18)13-5-7-14(17)8-6-13/h3-9H,10H2,1-2H3. The van der Waals surface area contributed by atoms with Crippen molar-refractivity contribution in [3.63, 3.8) is 0 Å². The van der Waals surface area contributed by atoms with Gasteiger partial charge in [-0.05, 0) is 55.3 Å². The van der Waals surface area contributed by atoms with E-state index in [1.54, 1.807) is 0 Å². The van der Waals surface area contributed by atoms with E-state index in [4.69, 9.17) is 4.74 Å². The monoisotopic (exact) mass is 258 g/mol. The molecule has 2 rings (SSSR count). The van der Waals surface area contributed by atoms with Crippen LogP contribution in [0.1, 0.15) is 21.5 Å². The maximum atomic E-state index is 12.8. The third-order valence-corrected chi connectivity index (χ3v) is 2.87. The van der Waals surface area contributed by atoms with Crippen LogP contribution < -0.4 is 4.74 Å². The molecular formula is C16H15FO2. The number of ether oxygens (including phenoxy) is 1. The minimum absolute atomic E-state index is 0.0457. The summed E-state index contributed by atoms with van der Waals surface area (Å²) in [5, 5.41) is 0. The molecule has 2 aromatic carbocycles. The van der Waals surface area contributed by atoms with Gasteiger partial charge < -0.3 is 4.74 Å². The molecule has 0 amide bonds. The van der Waals surface area contributed by atoms with Crippen molar-refractivity contribution in [1.29, 1.82) is 0 Å². The van der Waals surface area contributed by atoms with E-state index in [9.17, 15) is 9.18 Å². The molecule has 0 spiro atoms. The predicted molar refractivity (Wildman–Crippen MR) is 72.1 cm³/mol. The molecule has 0 saturated heterocycles. The molecule has 3 heteroatoms. The van der Waals surface area contributed by atoms with Crippen LogP contribution in [0.4, 0.5) is 4.39 Å². The minimum Gasteiger partial charge on any atom is -0.485 e. The Morgan fingerprint density at radius 3 is 2.47 bits per heavy atom. The van der Waals surface area contributed by atoms with Gasteiger partial charge in [-0.25, -0.2) is 4.39 Å².